The van der Waals surface area contributed by atoms with E-state index in [4.69, 9.17) is 0 Å². The van der Waals surface area contributed by atoms with Crippen molar-refractivity contribution in [3.8, 4) is 0 Å². The quantitative estimate of drug-likeness (QED) is 0.439. The highest BCUT2D eigenvalue weighted by atomic mass is 33.1. The van der Waals surface area contributed by atoms with Gasteiger partial charge in [0, 0.05) is 50.0 Å². The van der Waals surface area contributed by atoms with Crippen LogP contribution in [0.3, 0.4) is 0 Å². The SMILES string of the molecule is O=C(CCCCC1CCSS1)N1CCN(C(=O)CCCc2ccccc2)CC1. The van der Waals surface area contributed by atoms with Crippen molar-refractivity contribution >= 4 is 33.4 Å². The third-order valence-electron chi connectivity index (χ3n) is 5.58. The molecule has 28 heavy (non-hydrogen) atoms. The molecule has 154 valence electrons. The van der Waals surface area contributed by atoms with Gasteiger partial charge in [-0.3, -0.25) is 9.59 Å². The lowest BCUT2D eigenvalue weighted by molar-refractivity contribution is -0.139. The molecule has 1 atom stereocenters. The summed E-state index contributed by atoms with van der Waals surface area (Å²) in [6.07, 6.45) is 7.82. The van der Waals surface area contributed by atoms with Gasteiger partial charge < -0.3 is 9.80 Å². The van der Waals surface area contributed by atoms with E-state index in [1.54, 1.807) is 0 Å². The van der Waals surface area contributed by atoms with Crippen LogP contribution in [0.15, 0.2) is 30.3 Å². The highest BCUT2D eigenvalue weighted by molar-refractivity contribution is 8.77. The van der Waals surface area contributed by atoms with Crippen LogP contribution in [0.25, 0.3) is 0 Å². The molecular weight excluding hydrogens is 388 g/mol. The number of hydrogen-bond donors (Lipinski definition) is 0. The first kappa shape index (κ1) is 21.6. The molecule has 2 amide bonds. The molecule has 2 aliphatic heterocycles. The number of carbonyl (C=O) groups excluding carboxylic acids is 2. The lowest BCUT2D eigenvalue weighted by Crippen LogP contribution is -2.50. The summed E-state index contributed by atoms with van der Waals surface area (Å²) < 4.78 is 0. The summed E-state index contributed by atoms with van der Waals surface area (Å²) in [6, 6.07) is 10.3. The molecule has 1 aromatic rings. The van der Waals surface area contributed by atoms with E-state index in [9.17, 15) is 9.59 Å². The van der Waals surface area contributed by atoms with E-state index in [0.29, 0.717) is 39.0 Å². The Morgan fingerprint density at radius 1 is 0.893 bits per heavy atom. The van der Waals surface area contributed by atoms with Gasteiger partial charge in [-0.05, 0) is 37.7 Å². The Hall–Kier alpha value is -1.14. The zero-order valence-corrected chi connectivity index (χ0v) is 18.3. The van der Waals surface area contributed by atoms with Gasteiger partial charge in [0.25, 0.3) is 0 Å². The number of hydrogen-bond acceptors (Lipinski definition) is 4. The summed E-state index contributed by atoms with van der Waals surface area (Å²) in [5, 5.41) is 0.802. The molecule has 6 heteroatoms. The average Bonchev–Trinajstić information content (AvgIpc) is 3.25. The van der Waals surface area contributed by atoms with Crippen LogP contribution in [0.2, 0.25) is 0 Å². The number of amides is 2. The van der Waals surface area contributed by atoms with E-state index >= 15 is 0 Å². The minimum Gasteiger partial charge on any atom is -0.339 e. The van der Waals surface area contributed by atoms with Gasteiger partial charge in [0.15, 0.2) is 0 Å². The molecule has 2 fully saturated rings. The van der Waals surface area contributed by atoms with Crippen LogP contribution in [0.1, 0.15) is 50.5 Å². The molecule has 0 aromatic heterocycles. The maximum atomic E-state index is 12.4. The molecule has 2 saturated heterocycles. The molecule has 0 aliphatic carbocycles. The van der Waals surface area contributed by atoms with E-state index in [2.05, 4.69) is 12.1 Å². The summed E-state index contributed by atoms with van der Waals surface area (Å²) >= 11 is 0. The van der Waals surface area contributed by atoms with E-state index < -0.39 is 0 Å². The number of benzene rings is 1. The monoisotopic (exact) mass is 420 g/mol. The number of unbranched alkanes of at least 4 members (excludes halogenated alkanes) is 1. The van der Waals surface area contributed by atoms with Crippen molar-refractivity contribution in [1.82, 2.24) is 9.80 Å². The predicted octanol–water partition coefficient (Wildman–Crippen LogP) is 4.39. The highest BCUT2D eigenvalue weighted by Crippen LogP contribution is 2.39. The highest BCUT2D eigenvalue weighted by Gasteiger charge is 2.23. The molecular formula is C22H32N2O2S2. The minimum atomic E-state index is 0.231. The van der Waals surface area contributed by atoms with E-state index in [1.165, 1.54) is 24.2 Å². The fraction of sp³-hybridized carbons (Fsp3) is 0.636. The van der Waals surface area contributed by atoms with Gasteiger partial charge in [0.2, 0.25) is 11.8 Å². The fourth-order valence-electron chi connectivity index (χ4n) is 3.82. The molecule has 0 bridgehead atoms. The van der Waals surface area contributed by atoms with Crippen LogP contribution >= 0.6 is 21.6 Å². The maximum absolute atomic E-state index is 12.4. The van der Waals surface area contributed by atoms with Crippen molar-refractivity contribution in [2.45, 2.75) is 56.6 Å². The van der Waals surface area contributed by atoms with Gasteiger partial charge in [0.05, 0.1) is 0 Å². The Balaban J connectivity index is 1.26. The molecule has 0 N–H and O–H groups in total. The molecule has 0 spiro atoms. The van der Waals surface area contributed by atoms with Gasteiger partial charge in [-0.25, -0.2) is 0 Å². The Labute approximate surface area is 177 Å². The summed E-state index contributed by atoms with van der Waals surface area (Å²) in [4.78, 5) is 28.7. The number of carbonyl (C=O) groups is 2. The van der Waals surface area contributed by atoms with Crippen molar-refractivity contribution in [3.05, 3.63) is 35.9 Å². The van der Waals surface area contributed by atoms with Crippen molar-refractivity contribution in [2.24, 2.45) is 0 Å². The number of aryl methyl sites for hydroxylation is 1. The second-order valence-corrected chi connectivity index (χ2v) is 10.5. The van der Waals surface area contributed by atoms with E-state index in [1.807, 2.05) is 49.6 Å². The number of nitrogens with zero attached hydrogens (tertiary/aromatic N) is 2. The number of piperazine rings is 1. The zero-order chi connectivity index (χ0) is 19.6. The zero-order valence-electron chi connectivity index (χ0n) is 16.7. The van der Waals surface area contributed by atoms with Crippen molar-refractivity contribution in [1.29, 1.82) is 0 Å². The fourth-order valence-corrected chi connectivity index (χ4v) is 6.85. The second-order valence-electron chi connectivity index (χ2n) is 7.68. The third-order valence-corrected chi connectivity index (χ3v) is 8.58. The third kappa shape index (κ3) is 7.03. The van der Waals surface area contributed by atoms with Crippen LogP contribution in [0, 0.1) is 0 Å². The normalized spacial score (nSPS) is 19.8. The van der Waals surface area contributed by atoms with Crippen molar-refractivity contribution < 1.29 is 9.59 Å². The van der Waals surface area contributed by atoms with E-state index in [0.717, 1.165) is 30.9 Å². The van der Waals surface area contributed by atoms with Crippen molar-refractivity contribution in [3.63, 3.8) is 0 Å². The summed E-state index contributed by atoms with van der Waals surface area (Å²) in [6.45, 7) is 2.76. The first-order valence-corrected chi connectivity index (χ1v) is 13.0. The Kier molecular flexibility index (Phi) is 9.06. The molecule has 0 radical (unpaired) electrons. The standard InChI is InChI=1S/C22H32N2O2S2/c25-21(11-5-4-10-20-13-18-27-28-20)23-14-16-24(17-15-23)22(26)12-6-9-19-7-2-1-3-8-19/h1-3,7-8,20H,4-6,9-18H2. The van der Waals surface area contributed by atoms with Crippen molar-refractivity contribution in [2.75, 3.05) is 31.9 Å². The maximum Gasteiger partial charge on any atom is 0.222 e. The van der Waals surface area contributed by atoms with Crippen LogP contribution in [0.4, 0.5) is 0 Å². The molecule has 0 saturated carbocycles. The second kappa shape index (κ2) is 11.8. The summed E-state index contributed by atoms with van der Waals surface area (Å²) in [5.41, 5.74) is 1.29. The van der Waals surface area contributed by atoms with Crippen LogP contribution in [-0.4, -0.2) is 58.8 Å². The lowest BCUT2D eigenvalue weighted by Gasteiger charge is -2.35. The van der Waals surface area contributed by atoms with Crippen LogP contribution in [0.5, 0.6) is 0 Å². The van der Waals surface area contributed by atoms with Gasteiger partial charge >= 0.3 is 0 Å². The molecule has 1 aromatic carbocycles. The molecule has 2 aliphatic rings. The predicted molar refractivity (Wildman–Crippen MR) is 119 cm³/mol. The van der Waals surface area contributed by atoms with Gasteiger partial charge in [-0.2, -0.15) is 0 Å². The topological polar surface area (TPSA) is 40.6 Å². The Bertz CT molecular complexity index is 612. The largest absolute Gasteiger partial charge is 0.339 e. The van der Waals surface area contributed by atoms with Gasteiger partial charge in [-0.1, -0.05) is 58.3 Å². The Morgan fingerprint density at radius 3 is 2.14 bits per heavy atom. The van der Waals surface area contributed by atoms with Gasteiger partial charge in [-0.15, -0.1) is 0 Å². The molecule has 2 heterocycles. The molecule has 1 unspecified atom stereocenters. The number of rotatable bonds is 9. The summed E-state index contributed by atoms with van der Waals surface area (Å²) in [5.74, 6) is 1.78. The first-order chi connectivity index (χ1) is 13.7. The van der Waals surface area contributed by atoms with Gasteiger partial charge in [0.1, 0.15) is 0 Å². The van der Waals surface area contributed by atoms with Crippen LogP contribution in [-0.2, 0) is 16.0 Å². The van der Waals surface area contributed by atoms with E-state index in [-0.39, 0.29) is 11.8 Å². The summed E-state index contributed by atoms with van der Waals surface area (Å²) in [7, 11) is 4.00. The first-order valence-electron chi connectivity index (χ1n) is 10.6. The Morgan fingerprint density at radius 2 is 1.54 bits per heavy atom. The smallest absolute Gasteiger partial charge is 0.222 e. The lowest BCUT2D eigenvalue weighted by atomic mass is 10.1. The van der Waals surface area contributed by atoms with Crippen LogP contribution < -0.4 is 0 Å². The molecule has 3 rings (SSSR count). The molecule has 4 nitrogen and oxygen atoms in total. The minimum absolute atomic E-state index is 0.231. The average molecular weight is 421 g/mol.